The lowest BCUT2D eigenvalue weighted by molar-refractivity contribution is 0.548. The van der Waals surface area contributed by atoms with Crippen LogP contribution < -0.4 is 0 Å². The van der Waals surface area contributed by atoms with Crippen LogP contribution in [-0.4, -0.2) is 9.78 Å². The Kier molecular flexibility index (Phi) is 2.49. The SMILES string of the molecule is CC(C)n1nc(Br)c2c(C#N)cccc21. The van der Waals surface area contributed by atoms with Gasteiger partial charge in [-0.1, -0.05) is 6.07 Å². The first-order chi connectivity index (χ1) is 7.15. The molecule has 0 aliphatic rings. The molecule has 2 rings (SSSR count). The third kappa shape index (κ3) is 1.53. The number of rotatable bonds is 1. The second-order valence-corrected chi connectivity index (χ2v) is 4.39. The average molecular weight is 264 g/mol. The molecular formula is C11H10BrN3. The van der Waals surface area contributed by atoms with Gasteiger partial charge in [-0.25, -0.2) is 0 Å². The van der Waals surface area contributed by atoms with E-state index in [-0.39, 0.29) is 6.04 Å². The highest BCUT2D eigenvalue weighted by molar-refractivity contribution is 9.10. The minimum absolute atomic E-state index is 0.285. The fourth-order valence-corrected chi connectivity index (χ4v) is 2.22. The molecule has 0 radical (unpaired) electrons. The zero-order valence-corrected chi connectivity index (χ0v) is 10.1. The molecular weight excluding hydrogens is 254 g/mol. The molecule has 0 aliphatic carbocycles. The molecule has 15 heavy (non-hydrogen) atoms. The van der Waals surface area contributed by atoms with Crippen LogP contribution in [0.5, 0.6) is 0 Å². The van der Waals surface area contributed by atoms with Crippen LogP contribution in [0.1, 0.15) is 25.5 Å². The summed E-state index contributed by atoms with van der Waals surface area (Å²) < 4.78 is 2.66. The van der Waals surface area contributed by atoms with E-state index in [1.54, 1.807) is 6.07 Å². The fourth-order valence-electron chi connectivity index (χ4n) is 1.63. The maximum absolute atomic E-state index is 9.00. The summed E-state index contributed by atoms with van der Waals surface area (Å²) in [6.45, 7) is 4.13. The van der Waals surface area contributed by atoms with Crippen molar-refractivity contribution in [3.63, 3.8) is 0 Å². The summed E-state index contributed by atoms with van der Waals surface area (Å²) in [4.78, 5) is 0. The molecule has 3 nitrogen and oxygen atoms in total. The Balaban J connectivity index is 2.87. The quantitative estimate of drug-likeness (QED) is 0.793. The van der Waals surface area contributed by atoms with Crippen LogP contribution in [0.25, 0.3) is 10.9 Å². The number of hydrogen-bond donors (Lipinski definition) is 0. The molecule has 1 aromatic carbocycles. The van der Waals surface area contributed by atoms with Gasteiger partial charge in [-0.3, -0.25) is 4.68 Å². The molecule has 1 heterocycles. The largest absolute Gasteiger partial charge is 0.261 e. The highest BCUT2D eigenvalue weighted by Crippen LogP contribution is 2.28. The standard InChI is InChI=1S/C11H10BrN3/c1-7(2)15-9-5-3-4-8(6-13)10(9)11(12)14-15/h3-5,7H,1-2H3. The zero-order chi connectivity index (χ0) is 11.0. The lowest BCUT2D eigenvalue weighted by atomic mass is 10.1. The molecule has 0 aliphatic heterocycles. The third-order valence-corrected chi connectivity index (χ3v) is 2.86. The summed E-state index contributed by atoms with van der Waals surface area (Å²) in [5.41, 5.74) is 1.65. The van der Waals surface area contributed by atoms with Crippen LogP contribution in [0.2, 0.25) is 0 Å². The monoisotopic (exact) mass is 263 g/mol. The van der Waals surface area contributed by atoms with Gasteiger partial charge in [0.1, 0.15) is 4.60 Å². The first kappa shape index (κ1) is 10.2. The molecule has 0 bridgehead atoms. The lowest BCUT2D eigenvalue weighted by Crippen LogP contribution is -2.01. The topological polar surface area (TPSA) is 41.6 Å². The molecule has 76 valence electrons. The lowest BCUT2D eigenvalue weighted by Gasteiger charge is -2.06. The second-order valence-electron chi connectivity index (χ2n) is 3.64. The van der Waals surface area contributed by atoms with E-state index in [4.69, 9.17) is 5.26 Å². The number of halogens is 1. The highest BCUT2D eigenvalue weighted by atomic mass is 79.9. The summed E-state index contributed by atoms with van der Waals surface area (Å²) in [5, 5.41) is 14.3. The fraction of sp³-hybridized carbons (Fsp3) is 0.273. The molecule has 1 aromatic heterocycles. The van der Waals surface area contributed by atoms with Crippen molar-refractivity contribution in [1.29, 1.82) is 5.26 Å². The normalized spacial score (nSPS) is 10.9. The Morgan fingerprint density at radius 1 is 1.47 bits per heavy atom. The number of hydrogen-bond acceptors (Lipinski definition) is 2. The van der Waals surface area contributed by atoms with Crippen molar-refractivity contribution in [2.75, 3.05) is 0 Å². The third-order valence-electron chi connectivity index (χ3n) is 2.30. The van der Waals surface area contributed by atoms with Crippen LogP contribution in [0, 0.1) is 11.3 Å². The summed E-state index contributed by atoms with van der Waals surface area (Å²) in [7, 11) is 0. The van der Waals surface area contributed by atoms with Crippen molar-refractivity contribution in [3.8, 4) is 6.07 Å². The van der Waals surface area contributed by atoms with Crippen molar-refractivity contribution in [2.24, 2.45) is 0 Å². The summed E-state index contributed by atoms with van der Waals surface area (Å²) in [5.74, 6) is 0. The van der Waals surface area contributed by atoms with E-state index in [2.05, 4.69) is 40.9 Å². The number of fused-ring (bicyclic) bond motifs is 1. The predicted molar refractivity (Wildman–Crippen MR) is 62.5 cm³/mol. The molecule has 0 N–H and O–H groups in total. The Labute approximate surface area is 96.4 Å². The minimum Gasteiger partial charge on any atom is -0.261 e. The van der Waals surface area contributed by atoms with E-state index in [1.807, 2.05) is 16.8 Å². The summed E-state index contributed by atoms with van der Waals surface area (Å²) >= 11 is 3.39. The van der Waals surface area contributed by atoms with Crippen LogP contribution in [-0.2, 0) is 0 Å². The number of nitriles is 1. The molecule has 2 aromatic rings. The van der Waals surface area contributed by atoms with Gasteiger partial charge >= 0.3 is 0 Å². The van der Waals surface area contributed by atoms with Crippen LogP contribution in [0.15, 0.2) is 22.8 Å². The van der Waals surface area contributed by atoms with Gasteiger partial charge in [-0.2, -0.15) is 10.4 Å². The van der Waals surface area contributed by atoms with Gasteiger partial charge in [0.05, 0.1) is 22.5 Å². The molecule has 0 spiro atoms. The van der Waals surface area contributed by atoms with E-state index < -0.39 is 0 Å². The first-order valence-corrected chi connectivity index (χ1v) is 5.51. The smallest absolute Gasteiger partial charge is 0.137 e. The van der Waals surface area contributed by atoms with Gasteiger partial charge in [-0.15, -0.1) is 0 Å². The van der Waals surface area contributed by atoms with Gasteiger partial charge in [0.15, 0.2) is 0 Å². The summed E-state index contributed by atoms with van der Waals surface area (Å²) in [6, 6.07) is 8.13. The number of nitrogens with zero attached hydrogens (tertiary/aromatic N) is 3. The van der Waals surface area contributed by atoms with Gasteiger partial charge in [0.25, 0.3) is 0 Å². The molecule has 0 atom stereocenters. The van der Waals surface area contributed by atoms with E-state index in [1.165, 1.54) is 0 Å². The highest BCUT2D eigenvalue weighted by Gasteiger charge is 2.13. The second kappa shape index (κ2) is 3.67. The van der Waals surface area contributed by atoms with Crippen molar-refractivity contribution in [1.82, 2.24) is 9.78 Å². The van der Waals surface area contributed by atoms with Crippen molar-refractivity contribution in [2.45, 2.75) is 19.9 Å². The van der Waals surface area contributed by atoms with Gasteiger partial charge in [-0.05, 0) is 41.9 Å². The number of aromatic nitrogens is 2. The summed E-state index contributed by atoms with van der Waals surface area (Å²) in [6.07, 6.45) is 0. The molecule has 4 heteroatoms. The average Bonchev–Trinajstić information content (AvgIpc) is 2.56. The van der Waals surface area contributed by atoms with E-state index >= 15 is 0 Å². The van der Waals surface area contributed by atoms with Crippen LogP contribution >= 0.6 is 15.9 Å². The molecule has 0 amide bonds. The van der Waals surface area contributed by atoms with Crippen molar-refractivity contribution < 1.29 is 0 Å². The Hall–Kier alpha value is -1.34. The van der Waals surface area contributed by atoms with E-state index in [9.17, 15) is 0 Å². The van der Waals surface area contributed by atoms with Gasteiger partial charge in [0, 0.05) is 6.04 Å². The predicted octanol–water partition coefficient (Wildman–Crippen LogP) is 3.25. The maximum Gasteiger partial charge on any atom is 0.137 e. The molecule has 0 saturated heterocycles. The number of benzene rings is 1. The Morgan fingerprint density at radius 2 is 2.20 bits per heavy atom. The maximum atomic E-state index is 9.00. The molecule has 0 saturated carbocycles. The molecule has 0 fully saturated rings. The zero-order valence-electron chi connectivity index (χ0n) is 8.53. The van der Waals surface area contributed by atoms with Gasteiger partial charge in [0.2, 0.25) is 0 Å². The van der Waals surface area contributed by atoms with E-state index in [0.29, 0.717) is 5.56 Å². The Bertz CT molecular complexity index is 549. The van der Waals surface area contributed by atoms with Gasteiger partial charge < -0.3 is 0 Å². The first-order valence-electron chi connectivity index (χ1n) is 4.72. The molecule has 0 unspecified atom stereocenters. The van der Waals surface area contributed by atoms with Crippen molar-refractivity contribution >= 4 is 26.8 Å². The van der Waals surface area contributed by atoms with Crippen molar-refractivity contribution in [3.05, 3.63) is 28.4 Å². The Morgan fingerprint density at radius 3 is 2.80 bits per heavy atom. The van der Waals surface area contributed by atoms with E-state index in [0.717, 1.165) is 15.5 Å². The van der Waals surface area contributed by atoms with Crippen LogP contribution in [0.3, 0.4) is 0 Å². The minimum atomic E-state index is 0.285. The van der Waals surface area contributed by atoms with Crippen LogP contribution in [0.4, 0.5) is 0 Å².